The predicted molar refractivity (Wildman–Crippen MR) is 95.5 cm³/mol. The van der Waals surface area contributed by atoms with Gasteiger partial charge in [-0.3, -0.25) is 4.79 Å². The first-order valence-corrected chi connectivity index (χ1v) is 8.38. The van der Waals surface area contributed by atoms with Crippen molar-refractivity contribution < 1.29 is 4.79 Å². The largest absolute Gasteiger partial charge is 0.326 e. The van der Waals surface area contributed by atoms with Crippen molar-refractivity contribution in [2.45, 2.75) is 58.4 Å². The fraction of sp³-hybridized carbons (Fsp3) is 0.611. The van der Waals surface area contributed by atoms with E-state index in [1.807, 2.05) is 18.2 Å². The Labute approximate surface area is 140 Å². The van der Waals surface area contributed by atoms with Crippen LogP contribution in [0, 0.1) is 5.92 Å². The molecular formula is C18H29ClN2O. The van der Waals surface area contributed by atoms with Crippen LogP contribution >= 0.6 is 12.4 Å². The fourth-order valence-corrected chi connectivity index (χ4v) is 3.08. The zero-order valence-corrected chi connectivity index (χ0v) is 14.4. The number of carbonyl (C=O) groups is 1. The number of amides is 1. The fourth-order valence-electron chi connectivity index (χ4n) is 3.08. The number of halogens is 1. The summed E-state index contributed by atoms with van der Waals surface area (Å²) in [6, 6.07) is 8.06. The third-order valence-electron chi connectivity index (χ3n) is 4.36. The lowest BCUT2D eigenvalue weighted by Crippen LogP contribution is -2.18. The van der Waals surface area contributed by atoms with Gasteiger partial charge < -0.3 is 10.6 Å². The van der Waals surface area contributed by atoms with Crippen molar-refractivity contribution in [3.8, 4) is 0 Å². The lowest BCUT2D eigenvalue weighted by molar-refractivity contribution is -0.116. The van der Waals surface area contributed by atoms with Crippen LogP contribution in [0.25, 0.3) is 0 Å². The Kier molecular flexibility index (Phi) is 9.17. The van der Waals surface area contributed by atoms with Gasteiger partial charge in [0.25, 0.3) is 0 Å². The summed E-state index contributed by atoms with van der Waals surface area (Å²) in [4.78, 5) is 12.1. The first-order valence-electron chi connectivity index (χ1n) is 8.38. The second-order valence-electron chi connectivity index (χ2n) is 6.03. The molecule has 0 radical (unpaired) electrons. The van der Waals surface area contributed by atoms with E-state index in [1.165, 1.54) is 32.1 Å². The molecule has 1 aromatic carbocycles. The molecule has 0 aliphatic heterocycles. The Morgan fingerprint density at radius 3 is 2.64 bits per heavy atom. The van der Waals surface area contributed by atoms with Crippen LogP contribution in [-0.4, -0.2) is 12.5 Å². The van der Waals surface area contributed by atoms with Gasteiger partial charge >= 0.3 is 0 Å². The summed E-state index contributed by atoms with van der Waals surface area (Å²) >= 11 is 0. The molecule has 0 bridgehead atoms. The molecule has 2 rings (SSSR count). The van der Waals surface area contributed by atoms with E-state index in [-0.39, 0.29) is 18.3 Å². The van der Waals surface area contributed by atoms with Crippen molar-refractivity contribution in [1.29, 1.82) is 0 Å². The van der Waals surface area contributed by atoms with Gasteiger partial charge in [-0.05, 0) is 30.5 Å². The molecule has 124 valence electrons. The number of hydrogen-bond donors (Lipinski definition) is 2. The van der Waals surface area contributed by atoms with Crippen LogP contribution in [0.15, 0.2) is 24.3 Å². The van der Waals surface area contributed by atoms with Gasteiger partial charge in [-0.25, -0.2) is 0 Å². The van der Waals surface area contributed by atoms with Crippen molar-refractivity contribution >= 4 is 24.0 Å². The lowest BCUT2D eigenvalue weighted by Gasteiger charge is -2.21. The standard InChI is InChI=1S/C18H28N2O.ClH/c1-2-19-14-16-10-6-7-11-17(16)20-18(21)13-12-15-8-4-3-5-9-15;/h6-7,10-11,15,19H,2-5,8-9,12-14H2,1H3,(H,20,21);1H. The highest BCUT2D eigenvalue weighted by Crippen LogP contribution is 2.27. The smallest absolute Gasteiger partial charge is 0.224 e. The van der Waals surface area contributed by atoms with Crippen LogP contribution in [0.3, 0.4) is 0 Å². The van der Waals surface area contributed by atoms with Crippen molar-refractivity contribution in [3.63, 3.8) is 0 Å². The summed E-state index contributed by atoms with van der Waals surface area (Å²) < 4.78 is 0. The molecule has 0 heterocycles. The summed E-state index contributed by atoms with van der Waals surface area (Å²) in [6.45, 7) is 3.82. The Morgan fingerprint density at radius 2 is 1.91 bits per heavy atom. The van der Waals surface area contributed by atoms with Crippen LogP contribution in [-0.2, 0) is 11.3 Å². The van der Waals surface area contributed by atoms with Gasteiger partial charge in [-0.1, -0.05) is 57.2 Å². The number of benzene rings is 1. The summed E-state index contributed by atoms with van der Waals surface area (Å²) in [6.07, 6.45) is 8.38. The Bertz CT molecular complexity index is 444. The zero-order valence-electron chi connectivity index (χ0n) is 13.6. The molecule has 22 heavy (non-hydrogen) atoms. The van der Waals surface area contributed by atoms with Crippen LogP contribution < -0.4 is 10.6 Å². The van der Waals surface area contributed by atoms with E-state index in [2.05, 4.69) is 23.6 Å². The van der Waals surface area contributed by atoms with Crippen molar-refractivity contribution in [2.75, 3.05) is 11.9 Å². The number of hydrogen-bond acceptors (Lipinski definition) is 2. The second-order valence-corrected chi connectivity index (χ2v) is 6.03. The van der Waals surface area contributed by atoms with Crippen molar-refractivity contribution in [1.82, 2.24) is 5.32 Å². The summed E-state index contributed by atoms with van der Waals surface area (Å²) in [7, 11) is 0. The molecule has 1 fully saturated rings. The maximum atomic E-state index is 12.1. The molecule has 1 aliphatic rings. The minimum absolute atomic E-state index is 0. The summed E-state index contributed by atoms with van der Waals surface area (Å²) in [5.74, 6) is 0.922. The number of nitrogens with one attached hydrogen (secondary N) is 2. The normalized spacial score (nSPS) is 15.1. The van der Waals surface area contributed by atoms with Crippen LogP contribution in [0.1, 0.15) is 57.4 Å². The summed E-state index contributed by atoms with van der Waals surface area (Å²) in [5.41, 5.74) is 2.11. The van der Waals surface area contributed by atoms with Crippen LogP contribution in [0.2, 0.25) is 0 Å². The molecule has 0 unspecified atom stereocenters. The Balaban J connectivity index is 0.00000242. The molecular weight excluding hydrogens is 296 g/mol. The van der Waals surface area contributed by atoms with Gasteiger partial charge in [0.2, 0.25) is 5.91 Å². The Hall–Kier alpha value is -1.06. The van der Waals surface area contributed by atoms with E-state index in [9.17, 15) is 4.79 Å². The first-order chi connectivity index (χ1) is 10.3. The third kappa shape index (κ3) is 6.37. The minimum atomic E-state index is 0. The Morgan fingerprint density at radius 1 is 1.18 bits per heavy atom. The van der Waals surface area contributed by atoms with Crippen LogP contribution in [0.5, 0.6) is 0 Å². The predicted octanol–water partition coefficient (Wildman–Crippen LogP) is 4.52. The molecule has 0 saturated heterocycles. The van der Waals surface area contributed by atoms with Gasteiger partial charge in [0.05, 0.1) is 0 Å². The molecule has 1 amide bonds. The average molecular weight is 325 g/mol. The molecule has 1 aromatic rings. The molecule has 1 aliphatic carbocycles. The molecule has 2 N–H and O–H groups in total. The highest BCUT2D eigenvalue weighted by atomic mass is 35.5. The van der Waals surface area contributed by atoms with E-state index in [0.29, 0.717) is 6.42 Å². The zero-order chi connectivity index (χ0) is 14.9. The van der Waals surface area contributed by atoms with Gasteiger partial charge in [-0.15, -0.1) is 12.4 Å². The maximum Gasteiger partial charge on any atom is 0.224 e. The van der Waals surface area contributed by atoms with Gasteiger partial charge in [-0.2, -0.15) is 0 Å². The first kappa shape index (κ1) is 19.0. The van der Waals surface area contributed by atoms with Gasteiger partial charge in [0.1, 0.15) is 0 Å². The molecule has 3 nitrogen and oxygen atoms in total. The molecule has 0 aromatic heterocycles. The number of anilines is 1. The maximum absolute atomic E-state index is 12.1. The van der Waals surface area contributed by atoms with E-state index < -0.39 is 0 Å². The number of carbonyl (C=O) groups excluding carboxylic acids is 1. The van der Waals surface area contributed by atoms with Crippen molar-refractivity contribution in [2.24, 2.45) is 5.92 Å². The lowest BCUT2D eigenvalue weighted by atomic mass is 9.86. The topological polar surface area (TPSA) is 41.1 Å². The minimum Gasteiger partial charge on any atom is -0.326 e. The van der Waals surface area contributed by atoms with Gasteiger partial charge in [0.15, 0.2) is 0 Å². The summed E-state index contributed by atoms with van der Waals surface area (Å²) in [5, 5.41) is 6.39. The SMILES string of the molecule is CCNCc1ccccc1NC(=O)CCC1CCCCC1.Cl. The van der Waals surface area contributed by atoms with E-state index in [1.54, 1.807) is 0 Å². The monoisotopic (exact) mass is 324 g/mol. The highest BCUT2D eigenvalue weighted by molar-refractivity contribution is 5.91. The number of rotatable bonds is 7. The number of para-hydroxylation sites is 1. The molecule has 0 atom stereocenters. The third-order valence-corrected chi connectivity index (χ3v) is 4.36. The molecule has 1 saturated carbocycles. The molecule has 0 spiro atoms. The quantitative estimate of drug-likeness (QED) is 0.774. The van der Waals surface area contributed by atoms with Gasteiger partial charge in [0, 0.05) is 18.7 Å². The molecule has 4 heteroatoms. The van der Waals surface area contributed by atoms with Crippen molar-refractivity contribution in [3.05, 3.63) is 29.8 Å². The van der Waals surface area contributed by atoms with E-state index in [0.717, 1.165) is 36.7 Å². The highest BCUT2D eigenvalue weighted by Gasteiger charge is 2.15. The van der Waals surface area contributed by atoms with Crippen LogP contribution in [0.4, 0.5) is 5.69 Å². The van der Waals surface area contributed by atoms with E-state index >= 15 is 0 Å². The van der Waals surface area contributed by atoms with E-state index in [4.69, 9.17) is 0 Å². The second kappa shape index (κ2) is 10.6. The average Bonchev–Trinajstić information content (AvgIpc) is 2.53.